The first-order valence-corrected chi connectivity index (χ1v) is 9.05. The van der Waals surface area contributed by atoms with Crippen molar-refractivity contribution in [1.82, 2.24) is 20.4 Å². The van der Waals surface area contributed by atoms with Crippen molar-refractivity contribution in [2.45, 2.75) is 12.5 Å². The fourth-order valence-electron chi connectivity index (χ4n) is 3.07. The topological polar surface area (TPSA) is 104 Å². The SMILES string of the molecule is C[C@]1(c2ccc3ccccc3c2)NC(=O)N(CC(=O)Nc2nncs2)C1=O. The molecule has 1 aliphatic heterocycles. The molecule has 0 spiro atoms. The van der Waals surface area contributed by atoms with Crippen LogP contribution in [0.4, 0.5) is 9.93 Å². The number of carbonyl (C=O) groups is 3. The highest BCUT2D eigenvalue weighted by Gasteiger charge is 2.49. The Labute approximate surface area is 158 Å². The van der Waals surface area contributed by atoms with Crippen LogP contribution in [-0.4, -0.2) is 39.5 Å². The standard InChI is InChI=1S/C18H15N5O3S/c1-18(13-7-6-11-4-2-3-5-12(11)8-13)15(25)23(17(26)21-18)9-14(24)20-16-22-19-10-27-16/h2-8,10H,9H2,1H3,(H,21,26)(H,20,22,24)/t18-/m1/s1. The number of fused-ring (bicyclic) bond motifs is 1. The molecule has 0 radical (unpaired) electrons. The molecule has 2 heterocycles. The lowest BCUT2D eigenvalue weighted by atomic mass is 9.90. The number of nitrogens with zero attached hydrogens (tertiary/aromatic N) is 3. The lowest BCUT2D eigenvalue weighted by molar-refractivity contribution is -0.133. The number of carbonyl (C=O) groups excluding carboxylic acids is 3. The van der Waals surface area contributed by atoms with Crippen molar-refractivity contribution in [3.05, 3.63) is 53.5 Å². The van der Waals surface area contributed by atoms with Gasteiger partial charge in [-0.2, -0.15) is 0 Å². The molecule has 1 saturated heterocycles. The van der Waals surface area contributed by atoms with E-state index in [-0.39, 0.29) is 0 Å². The van der Waals surface area contributed by atoms with E-state index in [1.807, 2.05) is 42.5 Å². The second-order valence-electron chi connectivity index (χ2n) is 6.30. The zero-order valence-corrected chi connectivity index (χ0v) is 15.1. The Hall–Kier alpha value is -3.33. The molecule has 8 nitrogen and oxygen atoms in total. The molecule has 27 heavy (non-hydrogen) atoms. The number of amides is 4. The third-order valence-electron chi connectivity index (χ3n) is 4.51. The maximum absolute atomic E-state index is 12.9. The summed E-state index contributed by atoms with van der Waals surface area (Å²) in [7, 11) is 0. The Morgan fingerprint density at radius 1 is 1.22 bits per heavy atom. The second kappa shape index (κ2) is 6.44. The Balaban J connectivity index is 1.57. The van der Waals surface area contributed by atoms with Gasteiger partial charge in [0.15, 0.2) is 0 Å². The number of imide groups is 1. The van der Waals surface area contributed by atoms with Gasteiger partial charge < -0.3 is 5.32 Å². The van der Waals surface area contributed by atoms with Gasteiger partial charge in [-0.15, -0.1) is 10.2 Å². The number of rotatable bonds is 4. The molecule has 1 atom stereocenters. The van der Waals surface area contributed by atoms with Crippen LogP contribution in [-0.2, 0) is 15.1 Å². The van der Waals surface area contributed by atoms with Crippen molar-refractivity contribution in [2.24, 2.45) is 0 Å². The van der Waals surface area contributed by atoms with Gasteiger partial charge in [-0.25, -0.2) is 4.79 Å². The first-order valence-electron chi connectivity index (χ1n) is 8.17. The molecule has 9 heteroatoms. The third-order valence-corrected chi connectivity index (χ3v) is 5.12. The molecule has 1 fully saturated rings. The van der Waals surface area contributed by atoms with Crippen LogP contribution in [0.5, 0.6) is 0 Å². The Kier molecular flexibility index (Phi) is 4.08. The Morgan fingerprint density at radius 2 is 2.00 bits per heavy atom. The highest BCUT2D eigenvalue weighted by atomic mass is 32.1. The molecule has 2 N–H and O–H groups in total. The fourth-order valence-corrected chi connectivity index (χ4v) is 3.53. The minimum absolute atomic E-state index is 0.310. The molecular weight excluding hydrogens is 366 g/mol. The molecule has 0 bridgehead atoms. The van der Waals surface area contributed by atoms with Gasteiger partial charge in [0, 0.05) is 0 Å². The van der Waals surface area contributed by atoms with Gasteiger partial charge in [0.1, 0.15) is 17.6 Å². The van der Waals surface area contributed by atoms with Crippen molar-refractivity contribution in [3.8, 4) is 0 Å². The monoisotopic (exact) mass is 381 g/mol. The zero-order valence-electron chi connectivity index (χ0n) is 14.3. The van der Waals surface area contributed by atoms with Crippen LogP contribution >= 0.6 is 11.3 Å². The van der Waals surface area contributed by atoms with Crippen LogP contribution < -0.4 is 10.6 Å². The van der Waals surface area contributed by atoms with E-state index in [0.717, 1.165) is 27.0 Å². The van der Waals surface area contributed by atoms with Crippen LogP contribution in [0.1, 0.15) is 12.5 Å². The molecule has 1 aliphatic rings. The number of nitrogens with one attached hydrogen (secondary N) is 2. The minimum atomic E-state index is -1.23. The molecular formula is C18H15N5O3S. The summed E-state index contributed by atoms with van der Waals surface area (Å²) >= 11 is 1.15. The first kappa shape index (κ1) is 17.1. The molecule has 4 rings (SSSR count). The van der Waals surface area contributed by atoms with E-state index in [2.05, 4.69) is 20.8 Å². The second-order valence-corrected chi connectivity index (χ2v) is 7.13. The normalized spacial score (nSPS) is 19.4. The van der Waals surface area contributed by atoms with Crippen molar-refractivity contribution in [2.75, 3.05) is 11.9 Å². The molecule has 1 aromatic heterocycles. The smallest absolute Gasteiger partial charge is 0.319 e. The predicted molar refractivity (Wildman–Crippen MR) is 100 cm³/mol. The fraction of sp³-hybridized carbons (Fsp3) is 0.167. The van der Waals surface area contributed by atoms with Gasteiger partial charge in [0.2, 0.25) is 11.0 Å². The summed E-state index contributed by atoms with van der Waals surface area (Å²) in [5, 5.41) is 14.9. The summed E-state index contributed by atoms with van der Waals surface area (Å²) in [6.45, 7) is 1.24. The number of benzene rings is 2. The van der Waals surface area contributed by atoms with E-state index in [0.29, 0.717) is 10.7 Å². The molecule has 4 amide bonds. The van der Waals surface area contributed by atoms with E-state index in [1.54, 1.807) is 6.92 Å². The number of urea groups is 1. The van der Waals surface area contributed by atoms with Gasteiger partial charge in [-0.1, -0.05) is 47.7 Å². The maximum atomic E-state index is 12.9. The van der Waals surface area contributed by atoms with Gasteiger partial charge in [-0.3, -0.25) is 19.8 Å². The average molecular weight is 381 g/mol. The third kappa shape index (κ3) is 3.02. The van der Waals surface area contributed by atoms with Crippen molar-refractivity contribution >= 4 is 45.1 Å². The van der Waals surface area contributed by atoms with E-state index < -0.39 is 29.9 Å². The first-order chi connectivity index (χ1) is 13.0. The molecule has 0 saturated carbocycles. The highest BCUT2D eigenvalue weighted by molar-refractivity contribution is 7.13. The van der Waals surface area contributed by atoms with E-state index in [9.17, 15) is 14.4 Å². The Morgan fingerprint density at radius 3 is 2.74 bits per heavy atom. The van der Waals surface area contributed by atoms with Gasteiger partial charge in [0.25, 0.3) is 5.91 Å². The molecule has 0 aliphatic carbocycles. The molecule has 2 aromatic carbocycles. The lowest BCUT2D eigenvalue weighted by Crippen LogP contribution is -2.42. The van der Waals surface area contributed by atoms with Crippen LogP contribution in [0.2, 0.25) is 0 Å². The number of hydrogen-bond donors (Lipinski definition) is 2. The lowest BCUT2D eigenvalue weighted by Gasteiger charge is -2.22. The number of anilines is 1. The summed E-state index contributed by atoms with van der Waals surface area (Å²) in [6.07, 6.45) is 0. The van der Waals surface area contributed by atoms with Crippen molar-refractivity contribution in [1.29, 1.82) is 0 Å². The van der Waals surface area contributed by atoms with Gasteiger partial charge >= 0.3 is 6.03 Å². The highest BCUT2D eigenvalue weighted by Crippen LogP contribution is 2.31. The maximum Gasteiger partial charge on any atom is 0.325 e. The van der Waals surface area contributed by atoms with Crippen molar-refractivity contribution in [3.63, 3.8) is 0 Å². The van der Waals surface area contributed by atoms with Crippen LogP contribution in [0.3, 0.4) is 0 Å². The number of hydrogen-bond acceptors (Lipinski definition) is 6. The van der Waals surface area contributed by atoms with Crippen LogP contribution in [0.15, 0.2) is 48.0 Å². The predicted octanol–water partition coefficient (Wildman–Crippen LogP) is 2.10. The quantitative estimate of drug-likeness (QED) is 0.674. The summed E-state index contributed by atoms with van der Waals surface area (Å²) in [6, 6.07) is 12.7. The molecule has 0 unspecified atom stereocenters. The van der Waals surface area contributed by atoms with Gasteiger partial charge in [0.05, 0.1) is 0 Å². The largest absolute Gasteiger partial charge is 0.325 e. The van der Waals surface area contributed by atoms with E-state index >= 15 is 0 Å². The van der Waals surface area contributed by atoms with Crippen LogP contribution in [0.25, 0.3) is 10.8 Å². The molecule has 136 valence electrons. The minimum Gasteiger partial charge on any atom is -0.319 e. The van der Waals surface area contributed by atoms with E-state index in [4.69, 9.17) is 0 Å². The summed E-state index contributed by atoms with van der Waals surface area (Å²) in [5.41, 5.74) is 0.899. The Bertz CT molecular complexity index is 1050. The summed E-state index contributed by atoms with van der Waals surface area (Å²) in [4.78, 5) is 38.4. The molecule has 3 aromatic rings. The zero-order chi connectivity index (χ0) is 19.0. The summed E-state index contributed by atoms with van der Waals surface area (Å²) in [5.74, 6) is -0.992. The van der Waals surface area contributed by atoms with Crippen LogP contribution in [0, 0.1) is 0 Å². The van der Waals surface area contributed by atoms with Gasteiger partial charge in [-0.05, 0) is 29.3 Å². The summed E-state index contributed by atoms with van der Waals surface area (Å²) < 4.78 is 0. The number of aromatic nitrogens is 2. The average Bonchev–Trinajstić information content (AvgIpc) is 3.24. The van der Waals surface area contributed by atoms with E-state index in [1.165, 1.54) is 5.51 Å². The van der Waals surface area contributed by atoms with Crippen molar-refractivity contribution < 1.29 is 14.4 Å².